The fourth-order valence-corrected chi connectivity index (χ4v) is 2.73. The van der Waals surface area contributed by atoms with Gasteiger partial charge in [-0.25, -0.2) is 0 Å². The smallest absolute Gasteiger partial charge is 0.122 e. The molecule has 0 amide bonds. The molecule has 0 fully saturated rings. The van der Waals surface area contributed by atoms with Crippen molar-refractivity contribution in [3.8, 4) is 5.75 Å². The van der Waals surface area contributed by atoms with Crippen LogP contribution < -0.4 is 10.5 Å². The minimum Gasteiger partial charge on any atom is -0.497 e. The average molecular weight is 277 g/mol. The summed E-state index contributed by atoms with van der Waals surface area (Å²) in [6, 6.07) is 7.92. The summed E-state index contributed by atoms with van der Waals surface area (Å²) in [5.41, 5.74) is 7.91. The Balaban J connectivity index is 2.27. The lowest BCUT2D eigenvalue weighted by Gasteiger charge is -2.05. The number of nitrogens with two attached hydrogens (primary N) is 1. The van der Waals surface area contributed by atoms with Crippen LogP contribution in [0.3, 0.4) is 0 Å². The molecule has 2 aromatic rings. The van der Waals surface area contributed by atoms with Gasteiger partial charge in [-0.05, 0) is 30.2 Å². The Labute approximate surface area is 117 Å². The van der Waals surface area contributed by atoms with Gasteiger partial charge < -0.3 is 10.5 Å². The van der Waals surface area contributed by atoms with Gasteiger partial charge >= 0.3 is 0 Å². The van der Waals surface area contributed by atoms with Crippen LogP contribution in [0.2, 0.25) is 0 Å². The van der Waals surface area contributed by atoms with Crippen LogP contribution in [0, 0.1) is 0 Å². The van der Waals surface area contributed by atoms with Crippen LogP contribution in [-0.2, 0) is 7.05 Å². The highest BCUT2D eigenvalue weighted by Gasteiger charge is 2.16. The van der Waals surface area contributed by atoms with Crippen molar-refractivity contribution >= 4 is 17.4 Å². The topological polar surface area (TPSA) is 53.1 Å². The molecule has 2 N–H and O–H groups in total. The average Bonchev–Trinajstić information content (AvgIpc) is 2.68. The van der Waals surface area contributed by atoms with Crippen molar-refractivity contribution in [3.05, 3.63) is 30.0 Å². The van der Waals surface area contributed by atoms with Crippen molar-refractivity contribution in [2.75, 3.05) is 12.8 Å². The Hall–Kier alpha value is -1.62. The quantitative estimate of drug-likeness (QED) is 0.931. The number of hydrogen-bond acceptors (Lipinski definition) is 4. The highest BCUT2D eigenvalue weighted by molar-refractivity contribution is 7.99. The Morgan fingerprint density at radius 3 is 2.37 bits per heavy atom. The minimum absolute atomic E-state index is 0.330. The summed E-state index contributed by atoms with van der Waals surface area (Å²) in [5.74, 6) is 1.18. The molecule has 0 saturated heterocycles. The fraction of sp³-hybridized carbons (Fsp3) is 0.357. The van der Waals surface area contributed by atoms with E-state index in [1.807, 2.05) is 36.0 Å². The first-order valence-electron chi connectivity index (χ1n) is 6.17. The number of hydrogen-bond donors (Lipinski definition) is 1. The number of aromatic nitrogens is 2. The molecule has 4 nitrogen and oxygen atoms in total. The fourth-order valence-electron chi connectivity index (χ4n) is 1.85. The van der Waals surface area contributed by atoms with Gasteiger partial charge in [0.1, 0.15) is 10.8 Å². The van der Waals surface area contributed by atoms with Gasteiger partial charge in [-0.2, -0.15) is 5.10 Å². The first-order valence-corrected chi connectivity index (χ1v) is 6.98. The zero-order valence-corrected chi connectivity index (χ0v) is 12.5. The Bertz CT molecular complexity index is 561. The van der Waals surface area contributed by atoms with E-state index in [0.717, 1.165) is 27.1 Å². The molecule has 1 aromatic carbocycles. The summed E-state index contributed by atoms with van der Waals surface area (Å²) < 4.78 is 7.00. The molecule has 1 heterocycles. The van der Waals surface area contributed by atoms with E-state index in [4.69, 9.17) is 10.5 Å². The molecular formula is C14H19N3OS. The molecule has 0 unspecified atom stereocenters. The normalized spacial score (nSPS) is 11.0. The van der Waals surface area contributed by atoms with Crippen LogP contribution in [0.25, 0.3) is 0 Å². The van der Waals surface area contributed by atoms with E-state index in [9.17, 15) is 0 Å². The molecule has 0 bridgehead atoms. The number of ether oxygens (including phenoxy) is 1. The van der Waals surface area contributed by atoms with Gasteiger partial charge in [0.25, 0.3) is 0 Å². The predicted octanol–water partition coefficient (Wildman–Crippen LogP) is 3.29. The third-order valence-electron chi connectivity index (χ3n) is 2.88. The standard InChI is InChI=1S/C14H19N3OS/c1-9(2)13-12(15)14(17(3)16-13)19-11-7-5-10(18-4)6-8-11/h5-9H,15H2,1-4H3. The molecule has 1 aromatic heterocycles. The summed E-state index contributed by atoms with van der Waals surface area (Å²) >= 11 is 1.62. The second-order valence-electron chi connectivity index (χ2n) is 4.66. The molecule has 0 saturated carbocycles. The third-order valence-corrected chi connectivity index (χ3v) is 4.06. The van der Waals surface area contributed by atoms with Crippen LogP contribution in [0.1, 0.15) is 25.5 Å². The van der Waals surface area contributed by atoms with E-state index in [2.05, 4.69) is 18.9 Å². The van der Waals surface area contributed by atoms with Gasteiger partial charge in [-0.3, -0.25) is 4.68 Å². The van der Waals surface area contributed by atoms with Crippen molar-refractivity contribution in [1.29, 1.82) is 0 Å². The molecule has 0 atom stereocenters. The van der Waals surface area contributed by atoms with E-state index < -0.39 is 0 Å². The highest BCUT2D eigenvalue weighted by atomic mass is 32.2. The zero-order valence-electron chi connectivity index (χ0n) is 11.7. The molecule has 0 aliphatic rings. The number of nitrogen functional groups attached to an aromatic ring is 1. The maximum atomic E-state index is 6.18. The number of benzene rings is 1. The number of anilines is 1. The lowest BCUT2D eigenvalue weighted by Crippen LogP contribution is -1.94. The van der Waals surface area contributed by atoms with Gasteiger partial charge in [0, 0.05) is 11.9 Å². The van der Waals surface area contributed by atoms with E-state index in [-0.39, 0.29) is 0 Å². The summed E-state index contributed by atoms with van der Waals surface area (Å²) in [6.45, 7) is 4.20. The first-order chi connectivity index (χ1) is 9.02. The third kappa shape index (κ3) is 2.87. The summed E-state index contributed by atoms with van der Waals surface area (Å²) in [6.07, 6.45) is 0. The van der Waals surface area contributed by atoms with Gasteiger partial charge in [-0.15, -0.1) is 0 Å². The number of aryl methyl sites for hydroxylation is 1. The zero-order chi connectivity index (χ0) is 14.0. The van der Waals surface area contributed by atoms with Gasteiger partial charge in [-0.1, -0.05) is 25.6 Å². The second-order valence-corrected chi connectivity index (χ2v) is 5.72. The van der Waals surface area contributed by atoms with Crippen LogP contribution >= 0.6 is 11.8 Å². The number of rotatable bonds is 4. The van der Waals surface area contributed by atoms with E-state index in [0.29, 0.717) is 5.92 Å². The van der Waals surface area contributed by atoms with E-state index >= 15 is 0 Å². The first kappa shape index (κ1) is 13.8. The van der Waals surface area contributed by atoms with Gasteiger partial charge in [0.05, 0.1) is 18.5 Å². The molecule has 19 heavy (non-hydrogen) atoms. The maximum absolute atomic E-state index is 6.18. The lowest BCUT2D eigenvalue weighted by atomic mass is 10.1. The molecule has 102 valence electrons. The lowest BCUT2D eigenvalue weighted by molar-refractivity contribution is 0.414. The molecule has 0 aliphatic carbocycles. The molecule has 2 rings (SSSR count). The number of nitrogens with zero attached hydrogens (tertiary/aromatic N) is 2. The highest BCUT2D eigenvalue weighted by Crippen LogP contribution is 2.36. The SMILES string of the molecule is COc1ccc(Sc2c(N)c(C(C)C)nn2C)cc1. The monoisotopic (exact) mass is 277 g/mol. The summed E-state index contributed by atoms with van der Waals surface area (Å²) in [7, 11) is 3.59. The summed E-state index contributed by atoms with van der Waals surface area (Å²) in [4.78, 5) is 1.12. The molecular weight excluding hydrogens is 258 g/mol. The maximum Gasteiger partial charge on any atom is 0.122 e. The minimum atomic E-state index is 0.330. The van der Waals surface area contributed by atoms with Crippen LogP contribution in [0.5, 0.6) is 5.75 Å². The van der Waals surface area contributed by atoms with Crippen LogP contribution in [-0.4, -0.2) is 16.9 Å². The van der Waals surface area contributed by atoms with Crippen LogP contribution in [0.4, 0.5) is 5.69 Å². The predicted molar refractivity (Wildman–Crippen MR) is 78.8 cm³/mol. The molecule has 0 radical (unpaired) electrons. The van der Waals surface area contributed by atoms with Crippen molar-refractivity contribution in [2.24, 2.45) is 7.05 Å². The van der Waals surface area contributed by atoms with E-state index in [1.165, 1.54) is 0 Å². The molecule has 0 aliphatic heterocycles. The largest absolute Gasteiger partial charge is 0.497 e. The Morgan fingerprint density at radius 1 is 1.26 bits per heavy atom. The molecule has 0 spiro atoms. The number of methoxy groups -OCH3 is 1. The van der Waals surface area contributed by atoms with Crippen molar-refractivity contribution < 1.29 is 4.74 Å². The summed E-state index contributed by atoms with van der Waals surface area (Å²) in [5, 5.41) is 5.47. The van der Waals surface area contributed by atoms with E-state index in [1.54, 1.807) is 18.9 Å². The van der Waals surface area contributed by atoms with Gasteiger partial charge in [0.15, 0.2) is 0 Å². The Kier molecular flexibility index (Phi) is 4.04. The van der Waals surface area contributed by atoms with Crippen molar-refractivity contribution in [2.45, 2.75) is 29.7 Å². The van der Waals surface area contributed by atoms with Crippen molar-refractivity contribution in [1.82, 2.24) is 9.78 Å². The molecule has 5 heteroatoms. The van der Waals surface area contributed by atoms with Crippen LogP contribution in [0.15, 0.2) is 34.2 Å². The van der Waals surface area contributed by atoms with Gasteiger partial charge in [0.2, 0.25) is 0 Å². The second kappa shape index (κ2) is 5.57. The van der Waals surface area contributed by atoms with Crippen molar-refractivity contribution in [3.63, 3.8) is 0 Å². The Morgan fingerprint density at radius 2 is 1.89 bits per heavy atom.